The first-order chi connectivity index (χ1) is 31.9. The summed E-state index contributed by atoms with van der Waals surface area (Å²) in [7, 11) is 4.88. The van der Waals surface area contributed by atoms with Gasteiger partial charge in [0, 0.05) is 101 Å². The number of pyridine rings is 1. The number of anilines is 6. The number of carbonyl (C=O) groups is 5. The zero-order valence-electron chi connectivity index (χ0n) is 39.1. The van der Waals surface area contributed by atoms with Crippen LogP contribution in [0.2, 0.25) is 0 Å². The Bertz CT molecular complexity index is 2350. The largest absolute Gasteiger partial charge is 0.384 e. The van der Waals surface area contributed by atoms with Gasteiger partial charge in [-0.05, 0) is 80.6 Å². The Morgan fingerprint density at radius 2 is 1.70 bits per heavy atom. The summed E-state index contributed by atoms with van der Waals surface area (Å²) in [5, 5.41) is 12.1. The number of benzene rings is 2. The van der Waals surface area contributed by atoms with Crippen LogP contribution in [0.25, 0.3) is 0 Å². The second-order valence-corrected chi connectivity index (χ2v) is 17.6. The molecular weight excluding hydrogens is 835 g/mol. The molecule has 1 atom stereocenters. The van der Waals surface area contributed by atoms with E-state index in [9.17, 15) is 24.0 Å². The summed E-state index contributed by atoms with van der Waals surface area (Å²) < 4.78 is 0. The molecule has 1 unspecified atom stereocenters. The van der Waals surface area contributed by atoms with Crippen LogP contribution in [0.5, 0.6) is 0 Å². The van der Waals surface area contributed by atoms with Crippen LogP contribution >= 0.6 is 0 Å². The number of hydrogen-bond donors (Lipinski definition) is 4. The molecule has 1 aliphatic carbocycles. The average molecular weight is 900 g/mol. The molecular formula is C50H65N11O5. The standard InChI is InChI=1S/C50H65N11O5/c1-7-25-53-46(64)39-33-54-49(57-45(39)59(6)42-22-17-35-23-24-50(2,3)44(35)56-42)55-37-18-20-38(21-19-37)61-30-28-60(29-31-61)27-11-9-8-10-26-52-40-15-12-14-36(34-63)43(40)48(66)58(5)41(16-13-32-62)47(65)51-4/h7,12,14-15,17-22,32-34,41,52H,1,8-11,13,16,23-31H2,2-6H3,(H,51,65)(H,53,64)(H,54,55,57). The summed E-state index contributed by atoms with van der Waals surface area (Å²) in [6, 6.07) is 16.6. The Balaban J connectivity index is 0.961. The summed E-state index contributed by atoms with van der Waals surface area (Å²) in [6.45, 7) is 13.9. The van der Waals surface area contributed by atoms with Crippen LogP contribution in [0.15, 0.2) is 73.4 Å². The first-order valence-corrected chi connectivity index (χ1v) is 23.0. The summed E-state index contributed by atoms with van der Waals surface area (Å²) in [6.07, 6.45) is 11.0. The van der Waals surface area contributed by atoms with Crippen LogP contribution < -0.4 is 31.1 Å². The lowest BCUT2D eigenvalue weighted by Gasteiger charge is -2.36. The van der Waals surface area contributed by atoms with E-state index in [2.05, 4.69) is 74.7 Å². The topological polar surface area (TPSA) is 185 Å². The van der Waals surface area contributed by atoms with Crippen molar-refractivity contribution in [2.24, 2.45) is 0 Å². The number of amides is 3. The molecule has 2 aliphatic rings. The maximum Gasteiger partial charge on any atom is 0.257 e. The summed E-state index contributed by atoms with van der Waals surface area (Å²) in [5.74, 6) is 0.397. The molecule has 0 bridgehead atoms. The number of nitrogens with one attached hydrogen (secondary N) is 4. The number of unbranched alkanes of at least 4 members (excludes halogenated alkanes) is 3. The van der Waals surface area contributed by atoms with Gasteiger partial charge >= 0.3 is 0 Å². The number of piperazine rings is 1. The Morgan fingerprint density at radius 1 is 0.939 bits per heavy atom. The van der Waals surface area contributed by atoms with E-state index in [1.54, 1.807) is 30.5 Å². The Hall–Kier alpha value is -6.68. The van der Waals surface area contributed by atoms with E-state index in [0.717, 1.165) is 94.6 Å². The fourth-order valence-corrected chi connectivity index (χ4v) is 8.65. The van der Waals surface area contributed by atoms with Crippen LogP contribution in [0.1, 0.15) is 101 Å². The predicted molar refractivity (Wildman–Crippen MR) is 261 cm³/mol. The van der Waals surface area contributed by atoms with Crippen LogP contribution in [-0.2, 0) is 21.4 Å². The van der Waals surface area contributed by atoms with Gasteiger partial charge < -0.3 is 40.8 Å². The SMILES string of the molecule is C=CCNC(=O)c1cnc(Nc2ccc(N3CCN(CCCCCCNc4cccc(C=O)c4C(=O)N(C)C(CCC=O)C(=O)NC)CC3)cc2)nc1N(C)c1ccc2c(n1)C(C)(C)CC2. The zero-order chi connectivity index (χ0) is 47.2. The lowest BCUT2D eigenvalue weighted by molar-refractivity contribution is -0.125. The normalized spacial score (nSPS) is 14.7. The van der Waals surface area contributed by atoms with Gasteiger partial charge in [0.05, 0.1) is 11.3 Å². The number of aldehydes is 2. The average Bonchev–Trinajstić information content (AvgIpc) is 3.65. The van der Waals surface area contributed by atoms with Crippen molar-refractivity contribution in [2.75, 3.05) is 87.4 Å². The second-order valence-electron chi connectivity index (χ2n) is 17.6. The van der Waals surface area contributed by atoms with E-state index in [-0.39, 0.29) is 41.2 Å². The Kier molecular flexibility index (Phi) is 17.0. The molecule has 16 nitrogen and oxygen atoms in total. The van der Waals surface area contributed by atoms with E-state index in [4.69, 9.17) is 9.97 Å². The fourth-order valence-electron chi connectivity index (χ4n) is 8.65. The molecule has 3 amide bonds. The minimum atomic E-state index is -0.842. The number of fused-ring (bicyclic) bond motifs is 1. The molecule has 6 rings (SSSR count). The molecule has 1 aliphatic heterocycles. The molecule has 0 saturated carbocycles. The summed E-state index contributed by atoms with van der Waals surface area (Å²) in [5.41, 5.74) is 5.64. The third-order valence-corrected chi connectivity index (χ3v) is 12.6. The molecule has 2 aromatic carbocycles. The highest BCUT2D eigenvalue weighted by Crippen LogP contribution is 2.39. The van der Waals surface area contributed by atoms with Crippen molar-refractivity contribution in [1.29, 1.82) is 0 Å². The van der Waals surface area contributed by atoms with Gasteiger partial charge in [-0.25, -0.2) is 9.97 Å². The Labute approximate surface area is 388 Å². The molecule has 1 fully saturated rings. The van der Waals surface area contributed by atoms with Crippen molar-refractivity contribution in [2.45, 2.75) is 76.7 Å². The smallest absolute Gasteiger partial charge is 0.257 e. The van der Waals surface area contributed by atoms with Crippen LogP contribution in [0.3, 0.4) is 0 Å². The molecule has 2 aromatic heterocycles. The van der Waals surface area contributed by atoms with Crippen molar-refractivity contribution in [3.8, 4) is 0 Å². The summed E-state index contributed by atoms with van der Waals surface area (Å²) >= 11 is 0. The van der Waals surface area contributed by atoms with Gasteiger partial charge in [0.15, 0.2) is 12.1 Å². The number of aryl methyl sites for hydroxylation is 1. The number of nitrogens with zero attached hydrogens (tertiary/aromatic N) is 7. The molecule has 0 spiro atoms. The third kappa shape index (κ3) is 12.0. The molecule has 350 valence electrons. The van der Waals surface area contributed by atoms with Gasteiger partial charge in [-0.3, -0.25) is 24.1 Å². The fraction of sp³-hybridized carbons (Fsp3) is 0.440. The second kappa shape index (κ2) is 23.0. The summed E-state index contributed by atoms with van der Waals surface area (Å²) in [4.78, 5) is 84.9. The number of rotatable bonds is 23. The minimum Gasteiger partial charge on any atom is -0.384 e. The van der Waals surface area contributed by atoms with E-state index < -0.39 is 11.9 Å². The van der Waals surface area contributed by atoms with Crippen molar-refractivity contribution >= 4 is 64.9 Å². The van der Waals surface area contributed by atoms with E-state index in [0.29, 0.717) is 48.2 Å². The van der Waals surface area contributed by atoms with Crippen LogP contribution in [-0.4, -0.2) is 128 Å². The van der Waals surface area contributed by atoms with Gasteiger partial charge in [0.1, 0.15) is 23.7 Å². The van der Waals surface area contributed by atoms with Gasteiger partial charge in [-0.15, -0.1) is 6.58 Å². The van der Waals surface area contributed by atoms with Crippen molar-refractivity contribution in [3.05, 3.63) is 101 Å². The zero-order valence-corrected chi connectivity index (χ0v) is 39.1. The molecule has 4 aromatic rings. The highest BCUT2D eigenvalue weighted by atomic mass is 16.2. The maximum atomic E-state index is 13.6. The minimum absolute atomic E-state index is 0.0223. The van der Waals surface area contributed by atoms with E-state index in [1.807, 2.05) is 30.1 Å². The number of carbonyl (C=O) groups excluding carboxylic acids is 5. The van der Waals surface area contributed by atoms with Crippen LogP contribution in [0.4, 0.5) is 34.6 Å². The lowest BCUT2D eigenvalue weighted by atomic mass is 9.90. The van der Waals surface area contributed by atoms with Gasteiger partial charge in [-0.1, -0.05) is 51.0 Å². The quantitative estimate of drug-likeness (QED) is 0.0370. The van der Waals surface area contributed by atoms with E-state index >= 15 is 0 Å². The first-order valence-electron chi connectivity index (χ1n) is 23.0. The van der Waals surface area contributed by atoms with Gasteiger partial charge in [-0.2, -0.15) is 4.98 Å². The molecule has 3 heterocycles. The highest BCUT2D eigenvalue weighted by Gasteiger charge is 2.33. The maximum absolute atomic E-state index is 13.6. The molecule has 0 radical (unpaired) electrons. The molecule has 4 N–H and O–H groups in total. The van der Waals surface area contributed by atoms with Crippen molar-refractivity contribution in [1.82, 2.24) is 35.4 Å². The molecule has 66 heavy (non-hydrogen) atoms. The predicted octanol–water partition coefficient (Wildman–Crippen LogP) is 6.30. The van der Waals surface area contributed by atoms with Crippen molar-refractivity contribution in [3.63, 3.8) is 0 Å². The first kappa shape index (κ1) is 48.8. The van der Waals surface area contributed by atoms with E-state index in [1.165, 1.54) is 24.6 Å². The number of likely N-dealkylation sites (N-methyl/N-ethyl adjacent to an activating group) is 2. The van der Waals surface area contributed by atoms with Crippen molar-refractivity contribution < 1.29 is 24.0 Å². The number of hydrogen-bond acceptors (Lipinski definition) is 13. The van der Waals surface area contributed by atoms with Crippen LogP contribution in [0, 0.1) is 0 Å². The van der Waals surface area contributed by atoms with Gasteiger partial charge in [0.2, 0.25) is 11.9 Å². The Morgan fingerprint density at radius 3 is 2.41 bits per heavy atom. The third-order valence-electron chi connectivity index (χ3n) is 12.6. The molecule has 16 heteroatoms. The number of aromatic nitrogens is 3. The monoisotopic (exact) mass is 900 g/mol. The lowest BCUT2D eigenvalue weighted by Crippen LogP contribution is -2.47. The highest BCUT2D eigenvalue weighted by molar-refractivity contribution is 6.07. The molecule has 1 saturated heterocycles. The van der Waals surface area contributed by atoms with Gasteiger partial charge in [0.25, 0.3) is 11.8 Å².